The summed E-state index contributed by atoms with van der Waals surface area (Å²) in [5.41, 5.74) is 7.71. The van der Waals surface area contributed by atoms with Gasteiger partial charge in [-0.15, -0.1) is 0 Å². The lowest BCUT2D eigenvalue weighted by molar-refractivity contribution is 0.621. The van der Waals surface area contributed by atoms with Gasteiger partial charge in [-0.05, 0) is 47.5 Å². The van der Waals surface area contributed by atoms with E-state index >= 15 is 0 Å². The molecule has 5 heteroatoms. The maximum absolute atomic E-state index is 13.3. The van der Waals surface area contributed by atoms with E-state index in [9.17, 15) is 4.39 Å². The van der Waals surface area contributed by atoms with Crippen LogP contribution in [0.3, 0.4) is 0 Å². The zero-order valence-electron chi connectivity index (χ0n) is 11.1. The summed E-state index contributed by atoms with van der Waals surface area (Å²) < 4.78 is 15.7. The molecule has 0 aliphatic carbocycles. The minimum atomic E-state index is -0.286. The van der Waals surface area contributed by atoms with Crippen molar-refractivity contribution >= 4 is 21.7 Å². The van der Waals surface area contributed by atoms with Gasteiger partial charge in [0.05, 0.1) is 4.47 Å². The van der Waals surface area contributed by atoms with Crippen molar-refractivity contribution in [3.05, 3.63) is 34.3 Å². The quantitative estimate of drug-likeness (QED) is 0.923. The van der Waals surface area contributed by atoms with Crippen LogP contribution >= 0.6 is 15.9 Å². The average Bonchev–Trinajstić information content (AvgIpc) is 2.70. The summed E-state index contributed by atoms with van der Waals surface area (Å²) in [5, 5.41) is 0. The van der Waals surface area contributed by atoms with E-state index < -0.39 is 0 Å². The van der Waals surface area contributed by atoms with E-state index in [1.165, 1.54) is 6.07 Å². The van der Waals surface area contributed by atoms with E-state index in [0.29, 0.717) is 10.3 Å². The highest BCUT2D eigenvalue weighted by molar-refractivity contribution is 9.10. The highest BCUT2D eigenvalue weighted by atomic mass is 79.9. The molecule has 0 unspecified atom stereocenters. The Morgan fingerprint density at radius 3 is 2.68 bits per heavy atom. The maximum Gasteiger partial charge on any atom is 0.137 e. The molecule has 0 radical (unpaired) electrons. The number of anilines is 1. The second-order valence-corrected chi connectivity index (χ2v) is 5.24. The van der Waals surface area contributed by atoms with Crippen LogP contribution in [0.5, 0.6) is 0 Å². The van der Waals surface area contributed by atoms with Gasteiger partial charge in [0.15, 0.2) is 0 Å². The fraction of sp³-hybridized carbons (Fsp3) is 0.357. The van der Waals surface area contributed by atoms with E-state index in [0.717, 1.165) is 36.5 Å². The van der Waals surface area contributed by atoms with Gasteiger partial charge in [-0.25, -0.2) is 9.37 Å². The minimum absolute atomic E-state index is 0.286. The summed E-state index contributed by atoms with van der Waals surface area (Å²) in [4.78, 5) is 4.61. The van der Waals surface area contributed by atoms with Crippen molar-refractivity contribution in [1.29, 1.82) is 0 Å². The molecule has 0 bridgehead atoms. The molecule has 2 N–H and O–H groups in total. The monoisotopic (exact) mass is 325 g/mol. The van der Waals surface area contributed by atoms with Gasteiger partial charge >= 0.3 is 0 Å². The lowest BCUT2D eigenvalue weighted by Crippen LogP contribution is -2.05. The fourth-order valence-corrected chi connectivity index (χ4v) is 2.52. The lowest BCUT2D eigenvalue weighted by atomic mass is 10.1. The van der Waals surface area contributed by atoms with E-state index in [2.05, 4.69) is 27.8 Å². The van der Waals surface area contributed by atoms with Crippen LogP contribution in [0.4, 0.5) is 10.2 Å². The SMILES string of the molecule is CCCc1nc(-c2ccc(F)c(Br)c2)c(N)n1CC. The molecule has 0 saturated carbocycles. The summed E-state index contributed by atoms with van der Waals surface area (Å²) in [6, 6.07) is 4.83. The molecule has 0 atom stereocenters. The third kappa shape index (κ3) is 2.66. The third-order valence-electron chi connectivity index (χ3n) is 3.07. The molecular weight excluding hydrogens is 309 g/mol. The second-order valence-electron chi connectivity index (χ2n) is 4.39. The zero-order valence-corrected chi connectivity index (χ0v) is 12.7. The van der Waals surface area contributed by atoms with Crippen LogP contribution in [0.2, 0.25) is 0 Å². The predicted octanol–water partition coefficient (Wildman–Crippen LogP) is 4.01. The summed E-state index contributed by atoms with van der Waals surface area (Å²) >= 11 is 3.19. The number of benzene rings is 1. The molecule has 1 aromatic carbocycles. The van der Waals surface area contributed by atoms with Gasteiger partial charge in [0.2, 0.25) is 0 Å². The van der Waals surface area contributed by atoms with Crippen LogP contribution in [0.15, 0.2) is 22.7 Å². The van der Waals surface area contributed by atoms with E-state index in [-0.39, 0.29) is 5.82 Å². The minimum Gasteiger partial charge on any atom is -0.383 e. The van der Waals surface area contributed by atoms with Crippen molar-refractivity contribution in [3.8, 4) is 11.3 Å². The fourth-order valence-electron chi connectivity index (χ4n) is 2.14. The smallest absolute Gasteiger partial charge is 0.137 e. The van der Waals surface area contributed by atoms with Crippen molar-refractivity contribution in [1.82, 2.24) is 9.55 Å². The average molecular weight is 326 g/mol. The molecular formula is C14H17BrFN3. The molecule has 0 aliphatic rings. The normalized spacial score (nSPS) is 10.9. The van der Waals surface area contributed by atoms with Crippen LogP contribution in [0.1, 0.15) is 26.1 Å². The number of rotatable bonds is 4. The molecule has 0 fully saturated rings. The van der Waals surface area contributed by atoms with Gasteiger partial charge in [-0.1, -0.05) is 6.92 Å². The molecule has 2 aromatic rings. The van der Waals surface area contributed by atoms with Gasteiger partial charge in [0, 0.05) is 18.5 Å². The number of nitrogen functional groups attached to an aromatic ring is 1. The first kappa shape index (κ1) is 14.1. The standard InChI is InChI=1S/C14H17BrFN3/c1-3-5-12-18-13(14(17)19(12)4-2)9-6-7-11(16)10(15)8-9/h6-8H,3-5,17H2,1-2H3. The molecule has 0 aliphatic heterocycles. The van der Waals surface area contributed by atoms with Crippen LogP contribution in [-0.2, 0) is 13.0 Å². The van der Waals surface area contributed by atoms with Gasteiger partial charge in [0.25, 0.3) is 0 Å². The van der Waals surface area contributed by atoms with Gasteiger partial charge in [-0.3, -0.25) is 0 Å². The number of imidazole rings is 1. The van der Waals surface area contributed by atoms with Gasteiger partial charge in [-0.2, -0.15) is 0 Å². The van der Waals surface area contributed by atoms with Crippen LogP contribution < -0.4 is 5.73 Å². The highest BCUT2D eigenvalue weighted by Crippen LogP contribution is 2.30. The number of halogens is 2. The first-order chi connectivity index (χ1) is 9.08. The van der Waals surface area contributed by atoms with Crippen LogP contribution in [0, 0.1) is 5.82 Å². The van der Waals surface area contributed by atoms with Crippen LogP contribution in [0.25, 0.3) is 11.3 Å². The molecule has 0 amide bonds. The summed E-state index contributed by atoms with van der Waals surface area (Å²) in [5.74, 6) is 1.34. The topological polar surface area (TPSA) is 43.8 Å². The Morgan fingerprint density at radius 2 is 2.11 bits per heavy atom. The summed E-state index contributed by atoms with van der Waals surface area (Å²) in [7, 11) is 0. The number of hydrogen-bond donors (Lipinski definition) is 1. The highest BCUT2D eigenvalue weighted by Gasteiger charge is 2.15. The zero-order chi connectivity index (χ0) is 14.0. The Kier molecular flexibility index (Phi) is 4.24. The summed E-state index contributed by atoms with van der Waals surface area (Å²) in [6.45, 7) is 4.94. The largest absolute Gasteiger partial charge is 0.383 e. The molecule has 3 nitrogen and oxygen atoms in total. The van der Waals surface area contributed by atoms with Crippen molar-refractivity contribution in [2.75, 3.05) is 5.73 Å². The number of nitrogens with two attached hydrogens (primary N) is 1. The van der Waals surface area contributed by atoms with E-state index in [1.54, 1.807) is 12.1 Å². The third-order valence-corrected chi connectivity index (χ3v) is 3.68. The molecule has 19 heavy (non-hydrogen) atoms. The predicted molar refractivity (Wildman–Crippen MR) is 79.4 cm³/mol. The van der Waals surface area contributed by atoms with Crippen molar-refractivity contribution in [3.63, 3.8) is 0 Å². The molecule has 1 aromatic heterocycles. The first-order valence-electron chi connectivity index (χ1n) is 6.38. The van der Waals surface area contributed by atoms with E-state index in [1.807, 2.05) is 11.5 Å². The molecule has 0 spiro atoms. The lowest BCUT2D eigenvalue weighted by Gasteiger charge is -2.05. The first-order valence-corrected chi connectivity index (χ1v) is 7.18. The van der Waals surface area contributed by atoms with Gasteiger partial charge < -0.3 is 10.3 Å². The number of aryl methyl sites for hydroxylation is 1. The number of nitrogens with zero attached hydrogens (tertiary/aromatic N) is 2. The molecule has 102 valence electrons. The van der Waals surface area contributed by atoms with Crippen molar-refractivity contribution in [2.24, 2.45) is 0 Å². The Hall–Kier alpha value is -1.36. The molecule has 2 rings (SSSR count). The summed E-state index contributed by atoms with van der Waals surface area (Å²) in [6.07, 6.45) is 1.91. The Bertz CT molecular complexity index is 593. The van der Waals surface area contributed by atoms with Crippen LogP contribution in [-0.4, -0.2) is 9.55 Å². The second kappa shape index (κ2) is 5.74. The maximum atomic E-state index is 13.3. The Balaban J connectivity index is 2.52. The van der Waals surface area contributed by atoms with Gasteiger partial charge in [0.1, 0.15) is 23.2 Å². The number of aromatic nitrogens is 2. The van der Waals surface area contributed by atoms with Crippen molar-refractivity contribution < 1.29 is 4.39 Å². The number of hydrogen-bond acceptors (Lipinski definition) is 2. The molecule has 1 heterocycles. The Morgan fingerprint density at radius 1 is 1.37 bits per heavy atom. The van der Waals surface area contributed by atoms with Crippen molar-refractivity contribution in [2.45, 2.75) is 33.2 Å². The molecule has 0 saturated heterocycles. The Labute approximate surface area is 120 Å². The van der Waals surface area contributed by atoms with E-state index in [4.69, 9.17) is 5.73 Å².